The van der Waals surface area contributed by atoms with Crippen molar-refractivity contribution in [3.8, 4) is 0 Å². The second-order valence-electron chi connectivity index (χ2n) is 2.80. The first-order valence-corrected chi connectivity index (χ1v) is 4.42. The molecule has 0 radical (unpaired) electrons. The van der Waals surface area contributed by atoms with E-state index < -0.39 is 6.09 Å². The Balaban J connectivity index is 2.83. The third-order valence-corrected chi connectivity index (χ3v) is 1.82. The monoisotopic (exact) mass is 191 g/mol. The van der Waals surface area contributed by atoms with Gasteiger partial charge in [-0.1, -0.05) is 30.4 Å². The molecule has 0 fully saturated rings. The summed E-state index contributed by atoms with van der Waals surface area (Å²) in [5.41, 5.74) is 0.693. The molecule has 1 N–H and O–H groups in total. The number of amides is 1. The summed E-state index contributed by atoms with van der Waals surface area (Å²) in [5.74, 6) is 0. The molecule has 0 heterocycles. The Bertz CT molecular complexity index is 319. The summed E-state index contributed by atoms with van der Waals surface area (Å²) in [6.07, 6.45) is 2.70. The number of benzene rings is 1. The lowest BCUT2D eigenvalue weighted by molar-refractivity contribution is 0.202. The first-order valence-electron chi connectivity index (χ1n) is 4.42. The lowest BCUT2D eigenvalue weighted by Gasteiger charge is -2.16. The maximum atomic E-state index is 10.9. The molecule has 1 amide bonds. The molecule has 14 heavy (non-hydrogen) atoms. The number of allylic oxidation sites excluding steroid dienone is 1. The Morgan fingerprint density at radius 2 is 2.07 bits per heavy atom. The quantitative estimate of drug-likeness (QED) is 0.746. The van der Waals surface area contributed by atoms with Crippen LogP contribution in [0.3, 0.4) is 0 Å². The summed E-state index contributed by atoms with van der Waals surface area (Å²) in [6, 6.07) is 9.05. The molecule has 0 aliphatic carbocycles. The summed E-state index contributed by atoms with van der Waals surface area (Å²) in [6.45, 7) is 2.25. The highest BCUT2D eigenvalue weighted by Gasteiger charge is 2.10. The van der Waals surface area contributed by atoms with E-state index in [-0.39, 0.29) is 0 Å². The van der Waals surface area contributed by atoms with Crippen molar-refractivity contribution in [3.63, 3.8) is 0 Å². The number of carbonyl (C=O) groups is 1. The molecule has 0 unspecified atom stereocenters. The lowest BCUT2D eigenvalue weighted by Crippen LogP contribution is -2.29. The molecule has 3 nitrogen and oxygen atoms in total. The number of rotatable bonds is 3. The number of anilines is 1. The normalized spacial score (nSPS) is 10.4. The van der Waals surface area contributed by atoms with Crippen molar-refractivity contribution in [3.05, 3.63) is 42.5 Å². The van der Waals surface area contributed by atoms with Gasteiger partial charge in [-0.25, -0.2) is 4.79 Å². The first-order chi connectivity index (χ1) is 6.75. The number of hydrogen-bond acceptors (Lipinski definition) is 1. The smallest absolute Gasteiger partial charge is 0.412 e. The average molecular weight is 191 g/mol. The van der Waals surface area contributed by atoms with E-state index in [0.717, 1.165) is 0 Å². The molecule has 0 aromatic heterocycles. The van der Waals surface area contributed by atoms with E-state index in [1.165, 1.54) is 4.90 Å². The van der Waals surface area contributed by atoms with Crippen LogP contribution in [0.2, 0.25) is 0 Å². The van der Waals surface area contributed by atoms with Crippen LogP contribution in [0.15, 0.2) is 42.5 Å². The second-order valence-corrected chi connectivity index (χ2v) is 2.80. The standard InChI is InChI=1S/C11H13NO2/c1-2-3-9-12(11(13)14)10-7-5-4-6-8-10/h2-8H,9H2,1H3,(H,13,14). The van der Waals surface area contributed by atoms with Gasteiger partial charge in [-0.2, -0.15) is 0 Å². The minimum atomic E-state index is -0.936. The van der Waals surface area contributed by atoms with Crippen LogP contribution in [-0.2, 0) is 0 Å². The third kappa shape index (κ3) is 2.62. The minimum absolute atomic E-state index is 0.385. The van der Waals surface area contributed by atoms with Gasteiger partial charge in [0.05, 0.1) is 0 Å². The molecule has 74 valence electrons. The van der Waals surface area contributed by atoms with Gasteiger partial charge in [-0.3, -0.25) is 4.90 Å². The number of nitrogens with zero attached hydrogens (tertiary/aromatic N) is 1. The largest absolute Gasteiger partial charge is 0.465 e. The van der Waals surface area contributed by atoms with Gasteiger partial charge in [0.2, 0.25) is 0 Å². The van der Waals surface area contributed by atoms with E-state index in [2.05, 4.69) is 0 Å². The molecule has 0 spiro atoms. The van der Waals surface area contributed by atoms with E-state index in [4.69, 9.17) is 5.11 Å². The molecule has 1 aromatic rings. The minimum Gasteiger partial charge on any atom is -0.465 e. The van der Waals surface area contributed by atoms with Crippen molar-refractivity contribution in [2.45, 2.75) is 6.92 Å². The van der Waals surface area contributed by atoms with Crippen LogP contribution < -0.4 is 4.90 Å². The highest BCUT2D eigenvalue weighted by molar-refractivity contribution is 5.86. The fraction of sp³-hybridized carbons (Fsp3) is 0.182. The average Bonchev–Trinajstić information content (AvgIpc) is 2.19. The summed E-state index contributed by atoms with van der Waals surface area (Å²) in [5, 5.41) is 8.95. The van der Waals surface area contributed by atoms with Crippen molar-refractivity contribution in [1.29, 1.82) is 0 Å². The van der Waals surface area contributed by atoms with Crippen molar-refractivity contribution in [2.75, 3.05) is 11.4 Å². The van der Waals surface area contributed by atoms with Gasteiger partial charge >= 0.3 is 6.09 Å². The zero-order chi connectivity index (χ0) is 10.4. The molecule has 0 saturated heterocycles. The maximum Gasteiger partial charge on any atom is 0.412 e. The van der Waals surface area contributed by atoms with Crippen LogP contribution in [0.4, 0.5) is 10.5 Å². The number of para-hydroxylation sites is 1. The Morgan fingerprint density at radius 3 is 2.57 bits per heavy atom. The SMILES string of the molecule is CC=CCN(C(=O)O)c1ccccc1. The Hall–Kier alpha value is -1.77. The fourth-order valence-electron chi connectivity index (χ4n) is 1.11. The number of hydrogen-bond donors (Lipinski definition) is 1. The predicted octanol–water partition coefficient (Wildman–Crippen LogP) is 2.75. The van der Waals surface area contributed by atoms with Gasteiger partial charge in [-0.05, 0) is 19.1 Å². The van der Waals surface area contributed by atoms with E-state index in [1.54, 1.807) is 18.2 Å². The van der Waals surface area contributed by atoms with Gasteiger partial charge in [-0.15, -0.1) is 0 Å². The van der Waals surface area contributed by atoms with Gasteiger partial charge in [0.1, 0.15) is 0 Å². The molecule has 3 heteroatoms. The van der Waals surface area contributed by atoms with Crippen molar-refractivity contribution < 1.29 is 9.90 Å². The van der Waals surface area contributed by atoms with Crippen LogP contribution >= 0.6 is 0 Å². The summed E-state index contributed by atoms with van der Waals surface area (Å²) in [4.78, 5) is 12.2. The van der Waals surface area contributed by atoms with Crippen molar-refractivity contribution in [2.24, 2.45) is 0 Å². The molecule has 0 saturated carbocycles. The van der Waals surface area contributed by atoms with E-state index in [1.807, 2.05) is 31.2 Å². The van der Waals surface area contributed by atoms with Crippen LogP contribution in [0, 0.1) is 0 Å². The summed E-state index contributed by atoms with van der Waals surface area (Å²) < 4.78 is 0. The van der Waals surface area contributed by atoms with Gasteiger partial charge < -0.3 is 5.11 Å². The van der Waals surface area contributed by atoms with E-state index in [9.17, 15) is 4.79 Å². The highest BCUT2D eigenvalue weighted by atomic mass is 16.4. The topological polar surface area (TPSA) is 40.5 Å². The summed E-state index contributed by atoms with van der Waals surface area (Å²) in [7, 11) is 0. The third-order valence-electron chi connectivity index (χ3n) is 1.82. The van der Waals surface area contributed by atoms with Gasteiger partial charge in [0.25, 0.3) is 0 Å². The molecular formula is C11H13NO2. The maximum absolute atomic E-state index is 10.9. The second kappa shape index (κ2) is 5.07. The Labute approximate surface area is 83.3 Å². The Morgan fingerprint density at radius 1 is 1.43 bits per heavy atom. The first kappa shape index (κ1) is 10.3. The summed E-state index contributed by atoms with van der Waals surface area (Å²) >= 11 is 0. The Kier molecular flexibility index (Phi) is 3.73. The zero-order valence-corrected chi connectivity index (χ0v) is 8.05. The van der Waals surface area contributed by atoms with E-state index in [0.29, 0.717) is 12.2 Å². The molecule has 0 aliphatic rings. The van der Waals surface area contributed by atoms with Crippen molar-refractivity contribution >= 4 is 11.8 Å². The van der Waals surface area contributed by atoms with Gasteiger partial charge in [0.15, 0.2) is 0 Å². The highest BCUT2D eigenvalue weighted by Crippen LogP contribution is 2.12. The molecule has 0 bridgehead atoms. The van der Waals surface area contributed by atoms with Crippen LogP contribution in [0.25, 0.3) is 0 Å². The molecule has 0 aliphatic heterocycles. The molecule has 1 aromatic carbocycles. The van der Waals surface area contributed by atoms with Crippen molar-refractivity contribution in [1.82, 2.24) is 0 Å². The van der Waals surface area contributed by atoms with E-state index >= 15 is 0 Å². The van der Waals surface area contributed by atoms with Gasteiger partial charge in [0, 0.05) is 12.2 Å². The van der Waals surface area contributed by atoms with Crippen LogP contribution in [0.5, 0.6) is 0 Å². The zero-order valence-electron chi connectivity index (χ0n) is 8.05. The lowest BCUT2D eigenvalue weighted by atomic mass is 10.3. The van der Waals surface area contributed by atoms with Crippen LogP contribution in [0.1, 0.15) is 6.92 Å². The predicted molar refractivity (Wildman–Crippen MR) is 56.6 cm³/mol. The number of carboxylic acid groups (broad SMARTS) is 1. The molecular weight excluding hydrogens is 178 g/mol. The van der Waals surface area contributed by atoms with Crippen LogP contribution in [-0.4, -0.2) is 17.7 Å². The molecule has 0 atom stereocenters. The molecule has 1 rings (SSSR count). The fourth-order valence-corrected chi connectivity index (χ4v) is 1.11.